The molecule has 1 rings (SSSR count). The van der Waals surface area contributed by atoms with Crippen LogP contribution >= 0.6 is 0 Å². The first-order valence-corrected chi connectivity index (χ1v) is 8.78. The fraction of sp³-hybridized carbons (Fsp3) is 0.833. The van der Waals surface area contributed by atoms with Gasteiger partial charge in [-0.2, -0.15) is 0 Å². The van der Waals surface area contributed by atoms with Crippen molar-refractivity contribution in [1.82, 2.24) is 0 Å². The molecule has 0 spiro atoms. The lowest BCUT2D eigenvalue weighted by Gasteiger charge is -2.23. The smallest absolute Gasteiger partial charge is 0.305 e. The van der Waals surface area contributed by atoms with Crippen LogP contribution < -0.4 is 0 Å². The number of aliphatic hydroxyl groups is 2. The van der Waals surface area contributed by atoms with Crippen LogP contribution in [0.4, 0.5) is 0 Å². The van der Waals surface area contributed by atoms with Gasteiger partial charge in [-0.05, 0) is 44.4 Å². The van der Waals surface area contributed by atoms with Gasteiger partial charge in [-0.25, -0.2) is 0 Å². The lowest BCUT2D eigenvalue weighted by atomic mass is 9.85. The summed E-state index contributed by atoms with van der Waals surface area (Å²) in [6.45, 7) is 4.36. The topological polar surface area (TPSA) is 66.8 Å². The van der Waals surface area contributed by atoms with Crippen molar-refractivity contribution in [2.24, 2.45) is 11.8 Å². The Morgan fingerprint density at radius 1 is 1.18 bits per heavy atom. The maximum atomic E-state index is 11.5. The van der Waals surface area contributed by atoms with Crippen LogP contribution in [0.3, 0.4) is 0 Å². The van der Waals surface area contributed by atoms with E-state index in [-0.39, 0.29) is 23.9 Å². The van der Waals surface area contributed by atoms with E-state index in [4.69, 9.17) is 4.74 Å². The van der Waals surface area contributed by atoms with Crippen molar-refractivity contribution in [3.05, 3.63) is 12.2 Å². The third-order valence-corrected chi connectivity index (χ3v) is 4.51. The molecule has 22 heavy (non-hydrogen) atoms. The maximum absolute atomic E-state index is 11.5. The minimum Gasteiger partial charge on any atom is -0.466 e. The quantitative estimate of drug-likeness (QED) is 0.349. The standard InChI is InChI=1S/C18H32O4/c1-3-5-6-7-15(19)10-8-14-9-12-17(20)16(14)11-13-18(21)22-4-2/h9,12,14-17,19-20H,3-8,10-11,13H2,1-2H3/t14-,15?,16-,17-/m0/s1. The molecule has 0 aromatic rings. The molecule has 0 saturated carbocycles. The zero-order chi connectivity index (χ0) is 16.4. The van der Waals surface area contributed by atoms with E-state index in [2.05, 4.69) is 6.92 Å². The van der Waals surface area contributed by atoms with E-state index in [9.17, 15) is 15.0 Å². The highest BCUT2D eigenvalue weighted by Gasteiger charge is 2.30. The first-order valence-electron chi connectivity index (χ1n) is 8.78. The molecule has 0 saturated heterocycles. The molecule has 0 bridgehead atoms. The number of ether oxygens (including phenoxy) is 1. The second-order valence-electron chi connectivity index (χ2n) is 6.27. The molecule has 1 unspecified atom stereocenters. The Labute approximate surface area is 134 Å². The molecule has 0 aliphatic heterocycles. The third-order valence-electron chi connectivity index (χ3n) is 4.51. The fourth-order valence-electron chi connectivity index (χ4n) is 3.17. The van der Waals surface area contributed by atoms with Crippen molar-refractivity contribution in [2.75, 3.05) is 6.61 Å². The van der Waals surface area contributed by atoms with Crippen molar-refractivity contribution in [2.45, 2.75) is 77.4 Å². The summed E-state index contributed by atoms with van der Waals surface area (Å²) in [7, 11) is 0. The van der Waals surface area contributed by atoms with Crippen LogP contribution in [-0.2, 0) is 9.53 Å². The van der Waals surface area contributed by atoms with E-state index in [0.717, 1.165) is 25.7 Å². The van der Waals surface area contributed by atoms with Crippen molar-refractivity contribution in [1.29, 1.82) is 0 Å². The normalized spacial score (nSPS) is 25.4. The van der Waals surface area contributed by atoms with Gasteiger partial charge in [0.05, 0.1) is 18.8 Å². The summed E-state index contributed by atoms with van der Waals surface area (Å²) < 4.78 is 4.94. The van der Waals surface area contributed by atoms with E-state index in [1.54, 1.807) is 6.92 Å². The highest BCUT2D eigenvalue weighted by Crippen LogP contribution is 2.33. The number of unbranched alkanes of at least 4 members (excludes halogenated alkanes) is 2. The summed E-state index contributed by atoms with van der Waals surface area (Å²) in [6.07, 6.45) is 10.0. The van der Waals surface area contributed by atoms with Gasteiger partial charge in [0.25, 0.3) is 0 Å². The Bertz CT molecular complexity index is 340. The minimum absolute atomic E-state index is 0.0762. The number of esters is 1. The van der Waals surface area contributed by atoms with E-state index < -0.39 is 6.10 Å². The molecule has 0 heterocycles. The van der Waals surface area contributed by atoms with Crippen molar-refractivity contribution < 1.29 is 19.7 Å². The number of hydrogen-bond acceptors (Lipinski definition) is 4. The van der Waals surface area contributed by atoms with E-state index in [1.165, 1.54) is 12.8 Å². The molecule has 128 valence electrons. The summed E-state index contributed by atoms with van der Waals surface area (Å²) in [5.41, 5.74) is 0. The van der Waals surface area contributed by atoms with Gasteiger partial charge in [0.1, 0.15) is 0 Å². The lowest BCUT2D eigenvalue weighted by Crippen LogP contribution is -2.23. The number of hydrogen-bond donors (Lipinski definition) is 2. The zero-order valence-corrected chi connectivity index (χ0v) is 14.0. The summed E-state index contributed by atoms with van der Waals surface area (Å²) >= 11 is 0. The Kier molecular flexibility index (Phi) is 9.41. The second kappa shape index (κ2) is 10.8. The van der Waals surface area contributed by atoms with Crippen LogP contribution in [0.2, 0.25) is 0 Å². The van der Waals surface area contributed by atoms with Gasteiger partial charge in [0.2, 0.25) is 0 Å². The molecule has 0 aromatic heterocycles. The van der Waals surface area contributed by atoms with Gasteiger partial charge in [-0.1, -0.05) is 38.3 Å². The van der Waals surface area contributed by atoms with Gasteiger partial charge < -0.3 is 14.9 Å². The molecular weight excluding hydrogens is 280 g/mol. The highest BCUT2D eigenvalue weighted by molar-refractivity contribution is 5.69. The molecule has 4 atom stereocenters. The number of aliphatic hydroxyl groups excluding tert-OH is 2. The van der Waals surface area contributed by atoms with Crippen LogP contribution in [0.1, 0.15) is 65.2 Å². The monoisotopic (exact) mass is 312 g/mol. The molecule has 0 fully saturated rings. The largest absolute Gasteiger partial charge is 0.466 e. The Morgan fingerprint density at radius 2 is 1.95 bits per heavy atom. The highest BCUT2D eigenvalue weighted by atomic mass is 16.5. The van der Waals surface area contributed by atoms with Crippen molar-refractivity contribution in [3.63, 3.8) is 0 Å². The average Bonchev–Trinajstić information content (AvgIpc) is 2.84. The number of allylic oxidation sites excluding steroid dienone is 1. The summed E-state index contributed by atoms with van der Waals surface area (Å²) in [5, 5.41) is 20.1. The number of rotatable bonds is 11. The average molecular weight is 312 g/mol. The molecule has 1 aliphatic carbocycles. The molecule has 0 aromatic carbocycles. The summed E-state index contributed by atoms with van der Waals surface area (Å²) in [4.78, 5) is 11.5. The summed E-state index contributed by atoms with van der Waals surface area (Å²) in [5.74, 6) is 0.137. The molecule has 0 amide bonds. The Morgan fingerprint density at radius 3 is 2.64 bits per heavy atom. The van der Waals surface area contributed by atoms with Crippen molar-refractivity contribution in [3.8, 4) is 0 Å². The zero-order valence-electron chi connectivity index (χ0n) is 14.0. The molecular formula is C18H32O4. The predicted molar refractivity (Wildman–Crippen MR) is 87.4 cm³/mol. The fourth-order valence-corrected chi connectivity index (χ4v) is 3.17. The van der Waals surface area contributed by atoms with Crippen LogP contribution in [0.5, 0.6) is 0 Å². The molecule has 4 heteroatoms. The maximum Gasteiger partial charge on any atom is 0.305 e. The first kappa shape index (κ1) is 19.2. The van der Waals surface area contributed by atoms with Gasteiger partial charge in [-0.3, -0.25) is 4.79 Å². The lowest BCUT2D eigenvalue weighted by molar-refractivity contribution is -0.143. The summed E-state index contributed by atoms with van der Waals surface area (Å²) in [6, 6.07) is 0. The Balaban J connectivity index is 2.31. The third kappa shape index (κ3) is 6.93. The first-order chi connectivity index (χ1) is 10.6. The van der Waals surface area contributed by atoms with Crippen LogP contribution in [0.15, 0.2) is 12.2 Å². The number of carbonyl (C=O) groups is 1. The molecule has 2 N–H and O–H groups in total. The second-order valence-corrected chi connectivity index (χ2v) is 6.27. The number of carbonyl (C=O) groups excluding carboxylic acids is 1. The van der Waals surface area contributed by atoms with Gasteiger partial charge in [0.15, 0.2) is 0 Å². The van der Waals surface area contributed by atoms with Gasteiger partial charge in [-0.15, -0.1) is 0 Å². The van der Waals surface area contributed by atoms with Gasteiger partial charge >= 0.3 is 5.97 Å². The van der Waals surface area contributed by atoms with Crippen molar-refractivity contribution >= 4 is 5.97 Å². The van der Waals surface area contributed by atoms with E-state index >= 15 is 0 Å². The van der Waals surface area contributed by atoms with Crippen LogP contribution in [0, 0.1) is 11.8 Å². The predicted octanol–water partition coefficient (Wildman–Crippen LogP) is 3.21. The molecule has 1 aliphatic rings. The minimum atomic E-state index is -0.475. The van der Waals surface area contributed by atoms with E-state index in [1.807, 2.05) is 12.2 Å². The molecule has 4 nitrogen and oxygen atoms in total. The van der Waals surface area contributed by atoms with E-state index in [0.29, 0.717) is 19.4 Å². The van der Waals surface area contributed by atoms with Crippen LogP contribution in [-0.4, -0.2) is 35.0 Å². The SMILES string of the molecule is CCCCCC(O)CC[C@H]1C=C[C@H](O)[C@H]1CCC(=O)OCC. The Hall–Kier alpha value is -0.870. The van der Waals surface area contributed by atoms with Crippen LogP contribution in [0.25, 0.3) is 0 Å². The van der Waals surface area contributed by atoms with Gasteiger partial charge in [0, 0.05) is 6.42 Å². The molecule has 0 radical (unpaired) electrons.